The van der Waals surface area contributed by atoms with Crippen LogP contribution in [0.5, 0.6) is 0 Å². The van der Waals surface area contributed by atoms with Crippen LogP contribution < -0.4 is 10.6 Å². The van der Waals surface area contributed by atoms with Gasteiger partial charge < -0.3 is 15.7 Å². The monoisotopic (exact) mass is 206 g/mol. The molecule has 0 saturated carbocycles. The summed E-state index contributed by atoms with van der Waals surface area (Å²) in [6, 6.07) is -0.0810. The van der Waals surface area contributed by atoms with Gasteiger partial charge in [-0.05, 0) is 19.4 Å². The SMILES string of the molecule is O=C(NC[C@H](O)CCl)[C@H]1CCCN1. The summed E-state index contributed by atoms with van der Waals surface area (Å²) in [4.78, 5) is 11.3. The molecule has 0 aromatic rings. The summed E-state index contributed by atoms with van der Waals surface area (Å²) in [6.07, 6.45) is 1.27. The van der Waals surface area contributed by atoms with Gasteiger partial charge in [0.2, 0.25) is 5.91 Å². The largest absolute Gasteiger partial charge is 0.390 e. The van der Waals surface area contributed by atoms with Crippen LogP contribution in [0.4, 0.5) is 0 Å². The molecule has 1 amide bonds. The van der Waals surface area contributed by atoms with Gasteiger partial charge in [0, 0.05) is 6.54 Å². The summed E-state index contributed by atoms with van der Waals surface area (Å²) in [7, 11) is 0. The molecule has 13 heavy (non-hydrogen) atoms. The van der Waals surface area contributed by atoms with Gasteiger partial charge in [-0.25, -0.2) is 0 Å². The van der Waals surface area contributed by atoms with Crippen molar-refractivity contribution in [1.29, 1.82) is 0 Å². The van der Waals surface area contributed by atoms with E-state index in [9.17, 15) is 4.79 Å². The first-order chi connectivity index (χ1) is 6.24. The van der Waals surface area contributed by atoms with Gasteiger partial charge in [0.25, 0.3) is 0 Å². The average Bonchev–Trinajstić information content (AvgIpc) is 2.66. The second kappa shape index (κ2) is 5.42. The molecule has 2 atom stereocenters. The molecule has 1 aliphatic heterocycles. The molecule has 1 fully saturated rings. The Morgan fingerprint density at radius 2 is 2.54 bits per heavy atom. The summed E-state index contributed by atoms with van der Waals surface area (Å²) in [6.45, 7) is 1.14. The fourth-order valence-corrected chi connectivity index (χ4v) is 1.41. The lowest BCUT2D eigenvalue weighted by atomic mass is 10.2. The normalized spacial score (nSPS) is 24.3. The van der Waals surface area contributed by atoms with E-state index in [4.69, 9.17) is 16.7 Å². The van der Waals surface area contributed by atoms with E-state index in [0.29, 0.717) is 0 Å². The van der Waals surface area contributed by atoms with Crippen LogP contribution in [0.2, 0.25) is 0 Å². The molecule has 0 radical (unpaired) electrons. The summed E-state index contributed by atoms with van der Waals surface area (Å²) < 4.78 is 0. The second-order valence-corrected chi connectivity index (χ2v) is 3.51. The molecule has 0 aliphatic carbocycles. The van der Waals surface area contributed by atoms with Crippen molar-refractivity contribution < 1.29 is 9.90 Å². The molecule has 76 valence electrons. The Kier molecular flexibility index (Phi) is 4.48. The van der Waals surface area contributed by atoms with Crippen LogP contribution in [0.1, 0.15) is 12.8 Å². The lowest BCUT2D eigenvalue weighted by Gasteiger charge is -2.12. The average molecular weight is 207 g/mol. The fourth-order valence-electron chi connectivity index (χ4n) is 1.30. The van der Waals surface area contributed by atoms with Crippen molar-refractivity contribution in [2.45, 2.75) is 25.0 Å². The minimum Gasteiger partial charge on any atom is -0.390 e. The summed E-state index contributed by atoms with van der Waals surface area (Å²) in [5.41, 5.74) is 0. The molecule has 4 nitrogen and oxygen atoms in total. The first-order valence-corrected chi connectivity index (χ1v) is 5.02. The maximum absolute atomic E-state index is 11.3. The third-order valence-corrected chi connectivity index (χ3v) is 2.42. The molecule has 0 aromatic carbocycles. The van der Waals surface area contributed by atoms with Gasteiger partial charge in [0.1, 0.15) is 0 Å². The molecular weight excluding hydrogens is 192 g/mol. The lowest BCUT2D eigenvalue weighted by Crippen LogP contribution is -2.43. The molecule has 1 heterocycles. The van der Waals surface area contributed by atoms with Gasteiger partial charge in [0.15, 0.2) is 0 Å². The molecular formula is C8H15ClN2O2. The zero-order chi connectivity index (χ0) is 9.68. The Hall–Kier alpha value is -0.320. The van der Waals surface area contributed by atoms with Crippen LogP contribution >= 0.6 is 11.6 Å². The third kappa shape index (κ3) is 3.50. The lowest BCUT2D eigenvalue weighted by molar-refractivity contribution is -0.123. The standard InChI is InChI=1S/C8H15ClN2O2/c9-4-6(12)5-11-8(13)7-2-1-3-10-7/h6-7,10,12H,1-5H2,(H,11,13)/t6-,7-/m1/s1. The predicted molar refractivity (Wildman–Crippen MR) is 50.8 cm³/mol. The Bertz CT molecular complexity index is 172. The minimum absolute atomic E-state index is 0.0401. The number of aliphatic hydroxyl groups is 1. The van der Waals surface area contributed by atoms with Crippen LogP contribution in [0, 0.1) is 0 Å². The minimum atomic E-state index is -0.646. The van der Waals surface area contributed by atoms with E-state index in [1.807, 2.05) is 0 Å². The quantitative estimate of drug-likeness (QED) is 0.542. The van der Waals surface area contributed by atoms with Gasteiger partial charge >= 0.3 is 0 Å². The number of hydrogen-bond donors (Lipinski definition) is 3. The molecule has 1 saturated heterocycles. The summed E-state index contributed by atoms with van der Waals surface area (Å²) in [5.74, 6) is 0.111. The molecule has 1 aliphatic rings. The smallest absolute Gasteiger partial charge is 0.237 e. The number of hydrogen-bond acceptors (Lipinski definition) is 3. The molecule has 0 unspecified atom stereocenters. The summed E-state index contributed by atoms with van der Waals surface area (Å²) >= 11 is 5.38. The van der Waals surface area contributed by atoms with Crippen molar-refractivity contribution in [2.75, 3.05) is 19.0 Å². The fraction of sp³-hybridized carbons (Fsp3) is 0.875. The van der Waals surface area contributed by atoms with E-state index in [2.05, 4.69) is 10.6 Å². The second-order valence-electron chi connectivity index (χ2n) is 3.20. The third-order valence-electron chi connectivity index (χ3n) is 2.07. The van der Waals surface area contributed by atoms with Crippen molar-refractivity contribution in [3.8, 4) is 0 Å². The molecule has 5 heteroatoms. The number of rotatable bonds is 4. The first-order valence-electron chi connectivity index (χ1n) is 4.49. The van der Waals surface area contributed by atoms with Crippen LogP contribution in [-0.4, -0.2) is 42.1 Å². The van der Waals surface area contributed by atoms with E-state index in [1.54, 1.807) is 0 Å². The molecule has 0 aromatic heterocycles. The van der Waals surface area contributed by atoms with Gasteiger partial charge in [-0.1, -0.05) is 0 Å². The number of aliphatic hydroxyl groups excluding tert-OH is 1. The van der Waals surface area contributed by atoms with Gasteiger partial charge in [-0.3, -0.25) is 4.79 Å². The predicted octanol–water partition coefficient (Wildman–Crippen LogP) is -0.546. The van der Waals surface area contributed by atoms with Crippen LogP contribution in [0.25, 0.3) is 0 Å². The topological polar surface area (TPSA) is 61.4 Å². The Balaban J connectivity index is 2.16. The van der Waals surface area contributed by atoms with Crippen LogP contribution in [0.3, 0.4) is 0 Å². The van der Waals surface area contributed by atoms with E-state index in [-0.39, 0.29) is 24.4 Å². The highest BCUT2D eigenvalue weighted by molar-refractivity contribution is 6.18. The van der Waals surface area contributed by atoms with Crippen molar-refractivity contribution in [3.63, 3.8) is 0 Å². The van der Waals surface area contributed by atoms with Crippen molar-refractivity contribution in [2.24, 2.45) is 0 Å². The van der Waals surface area contributed by atoms with Crippen molar-refractivity contribution in [1.82, 2.24) is 10.6 Å². The Morgan fingerprint density at radius 1 is 1.77 bits per heavy atom. The van der Waals surface area contributed by atoms with E-state index in [1.165, 1.54) is 0 Å². The Labute approximate surface area is 82.6 Å². The van der Waals surface area contributed by atoms with E-state index in [0.717, 1.165) is 19.4 Å². The first kappa shape index (κ1) is 10.8. The number of halogens is 1. The maximum atomic E-state index is 11.3. The highest BCUT2D eigenvalue weighted by Gasteiger charge is 2.21. The molecule has 0 bridgehead atoms. The van der Waals surface area contributed by atoms with E-state index < -0.39 is 6.10 Å². The van der Waals surface area contributed by atoms with Crippen molar-refractivity contribution >= 4 is 17.5 Å². The van der Waals surface area contributed by atoms with E-state index >= 15 is 0 Å². The van der Waals surface area contributed by atoms with Gasteiger partial charge in [-0.2, -0.15) is 0 Å². The number of alkyl halides is 1. The number of amides is 1. The number of carbonyl (C=O) groups is 1. The molecule has 3 N–H and O–H groups in total. The Morgan fingerprint density at radius 3 is 3.08 bits per heavy atom. The molecule has 0 spiro atoms. The van der Waals surface area contributed by atoms with Crippen LogP contribution in [0.15, 0.2) is 0 Å². The van der Waals surface area contributed by atoms with Crippen LogP contribution in [-0.2, 0) is 4.79 Å². The van der Waals surface area contributed by atoms with Crippen molar-refractivity contribution in [3.05, 3.63) is 0 Å². The highest BCUT2D eigenvalue weighted by atomic mass is 35.5. The number of nitrogens with one attached hydrogen (secondary N) is 2. The highest BCUT2D eigenvalue weighted by Crippen LogP contribution is 2.04. The zero-order valence-electron chi connectivity index (χ0n) is 7.42. The number of carbonyl (C=O) groups excluding carboxylic acids is 1. The summed E-state index contributed by atoms with van der Waals surface area (Å²) in [5, 5.41) is 14.8. The zero-order valence-corrected chi connectivity index (χ0v) is 8.18. The maximum Gasteiger partial charge on any atom is 0.237 e. The van der Waals surface area contributed by atoms with Gasteiger partial charge in [0.05, 0.1) is 18.0 Å². The van der Waals surface area contributed by atoms with Gasteiger partial charge in [-0.15, -0.1) is 11.6 Å². The molecule has 1 rings (SSSR count).